The Labute approximate surface area is 103 Å². The molecule has 0 radical (unpaired) electrons. The second-order valence-electron chi connectivity index (χ2n) is 3.29. The Morgan fingerprint density at radius 2 is 2.41 bits per heavy atom. The molecule has 88 valence electrons. The summed E-state index contributed by atoms with van der Waals surface area (Å²) in [6, 6.07) is 5.55. The number of fused-ring (bicyclic) bond motifs is 1. The first kappa shape index (κ1) is 11.4. The van der Waals surface area contributed by atoms with Crippen LogP contribution in [-0.2, 0) is 0 Å². The highest BCUT2D eigenvalue weighted by Gasteiger charge is 2.05. The first-order chi connectivity index (χ1) is 8.20. The largest absolute Gasteiger partial charge is 0.497 e. The SMILES string of the molecule is COc1ccc2occ(C=NNC(N)=S)c2c1. The van der Waals surface area contributed by atoms with Crippen molar-refractivity contribution in [2.75, 3.05) is 7.11 Å². The van der Waals surface area contributed by atoms with Gasteiger partial charge in [-0.1, -0.05) is 0 Å². The van der Waals surface area contributed by atoms with Crippen LogP contribution in [0.4, 0.5) is 0 Å². The minimum Gasteiger partial charge on any atom is -0.497 e. The highest BCUT2D eigenvalue weighted by Crippen LogP contribution is 2.24. The number of hydrogen-bond donors (Lipinski definition) is 2. The molecule has 1 aromatic carbocycles. The van der Waals surface area contributed by atoms with Crippen LogP contribution in [0.15, 0.2) is 34.0 Å². The molecule has 0 amide bonds. The zero-order chi connectivity index (χ0) is 12.3. The summed E-state index contributed by atoms with van der Waals surface area (Å²) in [5.74, 6) is 0.760. The molecule has 0 unspecified atom stereocenters. The number of thiocarbonyl (C=S) groups is 1. The van der Waals surface area contributed by atoms with E-state index in [1.54, 1.807) is 19.6 Å². The van der Waals surface area contributed by atoms with Crippen LogP contribution in [0.3, 0.4) is 0 Å². The number of nitrogens with two attached hydrogens (primary N) is 1. The summed E-state index contributed by atoms with van der Waals surface area (Å²) in [4.78, 5) is 0. The van der Waals surface area contributed by atoms with Crippen molar-refractivity contribution in [2.24, 2.45) is 10.8 Å². The molecule has 0 spiro atoms. The van der Waals surface area contributed by atoms with Crippen LogP contribution in [0, 0.1) is 0 Å². The molecule has 0 fully saturated rings. The average Bonchev–Trinajstić information content (AvgIpc) is 2.71. The van der Waals surface area contributed by atoms with Crippen LogP contribution in [0.5, 0.6) is 5.75 Å². The van der Waals surface area contributed by atoms with Gasteiger partial charge in [-0.3, -0.25) is 5.43 Å². The van der Waals surface area contributed by atoms with E-state index in [1.807, 2.05) is 18.2 Å². The molecule has 0 saturated carbocycles. The first-order valence-electron chi connectivity index (χ1n) is 4.84. The van der Waals surface area contributed by atoms with Crippen molar-refractivity contribution in [3.63, 3.8) is 0 Å². The molecule has 1 aromatic heterocycles. The highest BCUT2D eigenvalue weighted by atomic mass is 32.1. The molecular formula is C11H11N3O2S. The summed E-state index contributed by atoms with van der Waals surface area (Å²) in [5.41, 5.74) is 9.32. The van der Waals surface area contributed by atoms with Crippen molar-refractivity contribution in [3.05, 3.63) is 30.0 Å². The predicted octanol–water partition coefficient (Wildman–Crippen LogP) is 1.61. The fraction of sp³-hybridized carbons (Fsp3) is 0.0909. The van der Waals surface area contributed by atoms with Crippen molar-refractivity contribution in [1.82, 2.24) is 5.43 Å². The Kier molecular flexibility index (Phi) is 3.24. The maximum atomic E-state index is 5.37. The third-order valence-corrected chi connectivity index (χ3v) is 2.28. The molecule has 1 heterocycles. The molecule has 0 aliphatic rings. The van der Waals surface area contributed by atoms with Crippen LogP contribution in [0.2, 0.25) is 0 Å². The second-order valence-corrected chi connectivity index (χ2v) is 3.73. The molecule has 17 heavy (non-hydrogen) atoms. The van der Waals surface area contributed by atoms with Crippen LogP contribution in [-0.4, -0.2) is 18.4 Å². The molecule has 2 aromatic rings. The van der Waals surface area contributed by atoms with Crippen molar-refractivity contribution < 1.29 is 9.15 Å². The molecule has 5 nitrogen and oxygen atoms in total. The lowest BCUT2D eigenvalue weighted by Crippen LogP contribution is -2.23. The van der Waals surface area contributed by atoms with E-state index in [9.17, 15) is 0 Å². The van der Waals surface area contributed by atoms with Crippen molar-refractivity contribution >= 4 is 34.5 Å². The van der Waals surface area contributed by atoms with Gasteiger partial charge in [0, 0.05) is 10.9 Å². The number of rotatable bonds is 3. The number of furan rings is 1. The van der Waals surface area contributed by atoms with Gasteiger partial charge >= 0.3 is 0 Å². The molecule has 0 aliphatic heterocycles. The van der Waals surface area contributed by atoms with Gasteiger partial charge in [-0.05, 0) is 30.4 Å². The van der Waals surface area contributed by atoms with Crippen LogP contribution < -0.4 is 15.9 Å². The van der Waals surface area contributed by atoms with E-state index in [4.69, 9.17) is 14.9 Å². The molecule has 0 bridgehead atoms. The van der Waals surface area contributed by atoms with Gasteiger partial charge in [0.2, 0.25) is 0 Å². The number of methoxy groups -OCH3 is 1. The van der Waals surface area contributed by atoms with Crippen molar-refractivity contribution in [2.45, 2.75) is 0 Å². The number of ether oxygens (including phenoxy) is 1. The average molecular weight is 249 g/mol. The minimum atomic E-state index is 0.117. The van der Waals surface area contributed by atoms with Crippen LogP contribution in [0.25, 0.3) is 11.0 Å². The number of nitrogens with one attached hydrogen (secondary N) is 1. The lowest BCUT2D eigenvalue weighted by atomic mass is 10.2. The van der Waals surface area contributed by atoms with E-state index < -0.39 is 0 Å². The predicted molar refractivity (Wildman–Crippen MR) is 70.3 cm³/mol. The number of hydrazone groups is 1. The molecule has 2 rings (SSSR count). The Hall–Kier alpha value is -2.08. The molecule has 3 N–H and O–H groups in total. The highest BCUT2D eigenvalue weighted by molar-refractivity contribution is 7.80. The first-order valence-corrected chi connectivity index (χ1v) is 5.25. The van der Waals surface area contributed by atoms with Gasteiger partial charge in [0.25, 0.3) is 0 Å². The topological polar surface area (TPSA) is 72.8 Å². The summed E-state index contributed by atoms with van der Waals surface area (Å²) in [7, 11) is 1.61. The standard InChI is InChI=1S/C11H11N3O2S/c1-15-8-2-3-10-9(4-8)7(6-16-10)5-13-14-11(12)17/h2-6H,1H3,(H3,12,14,17). The Morgan fingerprint density at radius 1 is 1.59 bits per heavy atom. The van der Waals surface area contributed by atoms with E-state index in [1.165, 1.54) is 0 Å². The van der Waals surface area contributed by atoms with Gasteiger partial charge in [-0.15, -0.1) is 0 Å². The van der Waals surface area contributed by atoms with Gasteiger partial charge < -0.3 is 14.9 Å². The van der Waals surface area contributed by atoms with Gasteiger partial charge in [0.1, 0.15) is 17.6 Å². The van der Waals surface area contributed by atoms with Crippen molar-refractivity contribution in [3.8, 4) is 5.75 Å². The normalized spacial score (nSPS) is 10.9. The zero-order valence-electron chi connectivity index (χ0n) is 9.14. The van der Waals surface area contributed by atoms with Gasteiger partial charge in [-0.25, -0.2) is 0 Å². The van der Waals surface area contributed by atoms with E-state index in [0.717, 1.165) is 22.3 Å². The van der Waals surface area contributed by atoms with E-state index in [0.29, 0.717) is 0 Å². The molecule has 0 saturated heterocycles. The fourth-order valence-electron chi connectivity index (χ4n) is 1.42. The smallest absolute Gasteiger partial charge is 0.184 e. The maximum absolute atomic E-state index is 5.37. The monoisotopic (exact) mass is 249 g/mol. The molecule has 6 heteroatoms. The number of hydrogen-bond acceptors (Lipinski definition) is 4. The molecular weight excluding hydrogens is 238 g/mol. The van der Waals surface area contributed by atoms with Crippen molar-refractivity contribution in [1.29, 1.82) is 0 Å². The maximum Gasteiger partial charge on any atom is 0.184 e. The lowest BCUT2D eigenvalue weighted by Gasteiger charge is -1.98. The Balaban J connectivity index is 2.34. The summed E-state index contributed by atoms with van der Waals surface area (Å²) < 4.78 is 10.5. The van der Waals surface area contributed by atoms with E-state index in [2.05, 4.69) is 22.7 Å². The summed E-state index contributed by atoms with van der Waals surface area (Å²) in [6.07, 6.45) is 3.19. The fourth-order valence-corrected chi connectivity index (χ4v) is 1.47. The van der Waals surface area contributed by atoms with E-state index in [-0.39, 0.29) is 5.11 Å². The summed E-state index contributed by atoms with van der Waals surface area (Å²) in [6.45, 7) is 0. The minimum absolute atomic E-state index is 0.117. The zero-order valence-corrected chi connectivity index (χ0v) is 9.95. The quantitative estimate of drug-likeness (QED) is 0.491. The van der Waals surface area contributed by atoms with Crippen LogP contribution in [0.1, 0.15) is 5.56 Å². The van der Waals surface area contributed by atoms with Gasteiger partial charge in [-0.2, -0.15) is 5.10 Å². The summed E-state index contributed by atoms with van der Waals surface area (Å²) in [5, 5.41) is 4.91. The second kappa shape index (κ2) is 4.84. The Bertz CT molecular complexity index is 577. The van der Waals surface area contributed by atoms with Gasteiger partial charge in [0.05, 0.1) is 13.3 Å². The Morgan fingerprint density at radius 3 is 3.12 bits per heavy atom. The number of benzene rings is 1. The van der Waals surface area contributed by atoms with E-state index >= 15 is 0 Å². The number of nitrogens with zero attached hydrogens (tertiary/aromatic N) is 1. The third kappa shape index (κ3) is 2.54. The lowest BCUT2D eigenvalue weighted by molar-refractivity contribution is 0.415. The summed E-state index contributed by atoms with van der Waals surface area (Å²) >= 11 is 4.64. The third-order valence-electron chi connectivity index (χ3n) is 2.19. The molecule has 0 atom stereocenters. The van der Waals surface area contributed by atoms with Crippen LogP contribution >= 0.6 is 12.2 Å². The molecule has 0 aliphatic carbocycles. The van der Waals surface area contributed by atoms with Gasteiger partial charge in [0.15, 0.2) is 5.11 Å².